The quantitative estimate of drug-likeness (QED) is 0.913. The van der Waals surface area contributed by atoms with E-state index in [0.717, 1.165) is 32.5 Å². The molecule has 2 fully saturated rings. The smallest absolute Gasteiger partial charge is 0.326 e. The number of aliphatic carboxylic acids is 1. The highest BCUT2D eigenvalue weighted by Gasteiger charge is 2.48. The van der Waals surface area contributed by atoms with Crippen LogP contribution in [0.3, 0.4) is 0 Å². The van der Waals surface area contributed by atoms with Crippen molar-refractivity contribution >= 4 is 18.0 Å². The molecule has 25 heavy (non-hydrogen) atoms. The molecule has 3 rings (SSSR count). The summed E-state index contributed by atoms with van der Waals surface area (Å²) in [6.07, 6.45) is 6.83. The summed E-state index contributed by atoms with van der Waals surface area (Å²) in [6.45, 7) is 4.88. The SMILES string of the molecule is CC(=O)N1CC2(CCN(C/C=C/c3ccccc3)CC2)CC1C(=O)O. The van der Waals surface area contributed by atoms with Crippen LogP contribution in [-0.2, 0) is 9.59 Å². The van der Waals surface area contributed by atoms with Gasteiger partial charge in [0.15, 0.2) is 0 Å². The van der Waals surface area contributed by atoms with E-state index in [9.17, 15) is 14.7 Å². The Morgan fingerprint density at radius 3 is 2.48 bits per heavy atom. The Hall–Kier alpha value is -2.14. The molecular formula is C20H26N2O3. The van der Waals surface area contributed by atoms with Crippen molar-refractivity contribution in [2.24, 2.45) is 5.41 Å². The summed E-state index contributed by atoms with van der Waals surface area (Å²) in [7, 11) is 0. The number of benzene rings is 1. The number of rotatable bonds is 4. The zero-order chi connectivity index (χ0) is 17.9. The highest BCUT2D eigenvalue weighted by Crippen LogP contribution is 2.43. The van der Waals surface area contributed by atoms with E-state index in [0.29, 0.717) is 13.0 Å². The number of likely N-dealkylation sites (tertiary alicyclic amines) is 2. The van der Waals surface area contributed by atoms with Crippen molar-refractivity contribution in [1.29, 1.82) is 0 Å². The van der Waals surface area contributed by atoms with Crippen molar-refractivity contribution in [3.63, 3.8) is 0 Å². The maximum absolute atomic E-state index is 11.8. The van der Waals surface area contributed by atoms with Gasteiger partial charge in [0.05, 0.1) is 0 Å². The number of carbonyl (C=O) groups is 2. The highest BCUT2D eigenvalue weighted by molar-refractivity contribution is 5.83. The topological polar surface area (TPSA) is 60.9 Å². The molecule has 1 amide bonds. The van der Waals surface area contributed by atoms with Gasteiger partial charge in [0.2, 0.25) is 5.91 Å². The second-order valence-electron chi connectivity index (χ2n) is 7.32. The molecule has 1 aromatic rings. The minimum atomic E-state index is -0.875. The summed E-state index contributed by atoms with van der Waals surface area (Å²) in [5, 5.41) is 9.41. The third-order valence-corrected chi connectivity index (χ3v) is 5.59. The van der Waals surface area contributed by atoms with Crippen LogP contribution in [0.25, 0.3) is 6.08 Å². The molecule has 1 spiro atoms. The minimum Gasteiger partial charge on any atom is -0.480 e. The molecule has 5 nitrogen and oxygen atoms in total. The molecule has 1 aromatic carbocycles. The Kier molecular flexibility index (Phi) is 5.23. The lowest BCUT2D eigenvalue weighted by Gasteiger charge is -2.38. The summed E-state index contributed by atoms with van der Waals surface area (Å²) in [5.74, 6) is -1.00. The monoisotopic (exact) mass is 342 g/mol. The number of piperidine rings is 1. The number of hydrogen-bond donors (Lipinski definition) is 1. The van der Waals surface area contributed by atoms with Gasteiger partial charge in [0, 0.05) is 20.0 Å². The molecule has 1 unspecified atom stereocenters. The molecule has 0 bridgehead atoms. The summed E-state index contributed by atoms with van der Waals surface area (Å²) < 4.78 is 0. The van der Waals surface area contributed by atoms with E-state index in [2.05, 4.69) is 29.2 Å². The summed E-state index contributed by atoms with van der Waals surface area (Å²) in [5.41, 5.74) is 1.18. The third-order valence-electron chi connectivity index (χ3n) is 5.59. The van der Waals surface area contributed by atoms with Gasteiger partial charge in [-0.05, 0) is 43.3 Å². The van der Waals surface area contributed by atoms with Crippen LogP contribution in [0.15, 0.2) is 36.4 Å². The van der Waals surface area contributed by atoms with Crippen molar-refractivity contribution in [2.75, 3.05) is 26.2 Å². The molecule has 5 heteroatoms. The lowest BCUT2D eigenvalue weighted by atomic mass is 9.76. The van der Waals surface area contributed by atoms with Gasteiger partial charge in [0.1, 0.15) is 6.04 Å². The van der Waals surface area contributed by atoms with Crippen LogP contribution in [0, 0.1) is 5.41 Å². The minimum absolute atomic E-state index is 0.0195. The van der Waals surface area contributed by atoms with E-state index in [-0.39, 0.29) is 11.3 Å². The fourth-order valence-corrected chi connectivity index (χ4v) is 4.08. The molecule has 1 N–H and O–H groups in total. The molecule has 0 radical (unpaired) electrons. The number of hydrogen-bond acceptors (Lipinski definition) is 3. The van der Waals surface area contributed by atoms with E-state index >= 15 is 0 Å². The van der Waals surface area contributed by atoms with Crippen LogP contribution in [0.2, 0.25) is 0 Å². The predicted molar refractivity (Wildman–Crippen MR) is 97.0 cm³/mol. The Bertz CT molecular complexity index is 624. The summed E-state index contributed by atoms with van der Waals surface area (Å²) in [6, 6.07) is 9.60. The third kappa shape index (κ3) is 4.10. The first-order valence-corrected chi connectivity index (χ1v) is 8.93. The van der Waals surface area contributed by atoms with E-state index in [1.54, 1.807) is 4.90 Å². The van der Waals surface area contributed by atoms with Crippen LogP contribution in [0.4, 0.5) is 0 Å². The Balaban J connectivity index is 1.54. The van der Waals surface area contributed by atoms with Crippen molar-refractivity contribution in [3.8, 4) is 0 Å². The Labute approximate surface area is 148 Å². The molecule has 1 atom stereocenters. The summed E-state index contributed by atoms with van der Waals surface area (Å²) in [4.78, 5) is 27.2. The fourth-order valence-electron chi connectivity index (χ4n) is 4.08. The van der Waals surface area contributed by atoms with Gasteiger partial charge in [0.25, 0.3) is 0 Å². The zero-order valence-corrected chi connectivity index (χ0v) is 14.7. The van der Waals surface area contributed by atoms with Crippen molar-refractivity contribution in [3.05, 3.63) is 42.0 Å². The number of nitrogens with zero attached hydrogens (tertiary/aromatic N) is 2. The molecular weight excluding hydrogens is 316 g/mol. The standard InChI is InChI=1S/C20H26N2O3/c1-16(23)22-15-20(14-18(22)19(24)25)9-12-21(13-10-20)11-5-8-17-6-3-2-4-7-17/h2-8,18H,9-15H2,1H3,(H,24,25)/b8-5+. The molecule has 2 heterocycles. The molecule has 0 aliphatic carbocycles. The average Bonchev–Trinajstić information content (AvgIpc) is 2.98. The van der Waals surface area contributed by atoms with Gasteiger partial charge in [-0.1, -0.05) is 42.5 Å². The zero-order valence-electron chi connectivity index (χ0n) is 14.7. The van der Waals surface area contributed by atoms with Gasteiger partial charge < -0.3 is 10.0 Å². The van der Waals surface area contributed by atoms with Crippen molar-refractivity contribution in [2.45, 2.75) is 32.2 Å². The molecule has 0 saturated carbocycles. The Morgan fingerprint density at radius 2 is 1.92 bits per heavy atom. The first kappa shape index (κ1) is 17.7. The van der Waals surface area contributed by atoms with Crippen LogP contribution >= 0.6 is 0 Å². The molecule has 134 valence electrons. The van der Waals surface area contributed by atoms with Crippen molar-refractivity contribution < 1.29 is 14.7 Å². The van der Waals surface area contributed by atoms with Crippen LogP contribution in [0.1, 0.15) is 31.7 Å². The van der Waals surface area contributed by atoms with Crippen LogP contribution in [0.5, 0.6) is 0 Å². The number of carboxylic acid groups (broad SMARTS) is 1. The lowest BCUT2D eigenvalue weighted by Crippen LogP contribution is -2.42. The van der Waals surface area contributed by atoms with Gasteiger partial charge in [-0.15, -0.1) is 0 Å². The van der Waals surface area contributed by atoms with Gasteiger partial charge in [-0.25, -0.2) is 4.79 Å². The van der Waals surface area contributed by atoms with Gasteiger partial charge in [-0.3, -0.25) is 9.69 Å². The molecule has 2 aliphatic heterocycles. The van der Waals surface area contributed by atoms with Crippen molar-refractivity contribution in [1.82, 2.24) is 9.80 Å². The fraction of sp³-hybridized carbons (Fsp3) is 0.500. The predicted octanol–water partition coefficient (Wildman–Crippen LogP) is 2.49. The first-order valence-electron chi connectivity index (χ1n) is 8.93. The van der Waals surface area contributed by atoms with Crippen LogP contribution in [-0.4, -0.2) is 59.0 Å². The lowest BCUT2D eigenvalue weighted by molar-refractivity contribution is -0.147. The van der Waals surface area contributed by atoms with Gasteiger partial charge in [-0.2, -0.15) is 0 Å². The first-order chi connectivity index (χ1) is 12.0. The normalized spacial score (nSPS) is 23.4. The number of carbonyl (C=O) groups excluding carboxylic acids is 1. The largest absolute Gasteiger partial charge is 0.480 e. The van der Waals surface area contributed by atoms with Crippen LogP contribution < -0.4 is 0 Å². The maximum Gasteiger partial charge on any atom is 0.326 e. The number of amides is 1. The molecule has 2 saturated heterocycles. The van der Waals surface area contributed by atoms with E-state index in [1.165, 1.54) is 12.5 Å². The van der Waals surface area contributed by atoms with E-state index in [1.807, 2.05) is 18.2 Å². The second-order valence-corrected chi connectivity index (χ2v) is 7.32. The van der Waals surface area contributed by atoms with Gasteiger partial charge >= 0.3 is 5.97 Å². The van der Waals surface area contributed by atoms with E-state index in [4.69, 9.17) is 0 Å². The maximum atomic E-state index is 11.8. The average molecular weight is 342 g/mol. The highest BCUT2D eigenvalue weighted by atomic mass is 16.4. The van der Waals surface area contributed by atoms with E-state index < -0.39 is 12.0 Å². The molecule has 2 aliphatic rings. The molecule has 0 aromatic heterocycles. The number of carboxylic acids is 1. The Morgan fingerprint density at radius 1 is 1.24 bits per heavy atom. The summed E-state index contributed by atoms with van der Waals surface area (Å²) >= 11 is 0. The second kappa shape index (κ2) is 7.40.